The predicted molar refractivity (Wildman–Crippen MR) is 106 cm³/mol. The van der Waals surface area contributed by atoms with Crippen LogP contribution in [0.25, 0.3) is 0 Å². The van der Waals surface area contributed by atoms with Crippen LogP contribution in [0.1, 0.15) is 16.7 Å². The van der Waals surface area contributed by atoms with Gasteiger partial charge in [0.1, 0.15) is 5.75 Å². The van der Waals surface area contributed by atoms with Gasteiger partial charge in [-0.25, -0.2) is 0 Å². The lowest BCUT2D eigenvalue weighted by atomic mass is 10.1. The topological polar surface area (TPSA) is 32.8 Å². The van der Waals surface area contributed by atoms with Gasteiger partial charge >= 0.3 is 0 Å². The van der Waals surface area contributed by atoms with Crippen LogP contribution in [0.5, 0.6) is 5.75 Å². The highest BCUT2D eigenvalue weighted by Crippen LogP contribution is 2.25. The second-order valence-electron chi connectivity index (χ2n) is 6.91. The molecule has 0 bridgehead atoms. The van der Waals surface area contributed by atoms with Gasteiger partial charge in [-0.15, -0.1) is 0 Å². The minimum absolute atomic E-state index is 0.0339. The van der Waals surface area contributed by atoms with Crippen molar-refractivity contribution in [2.24, 2.45) is 0 Å². The second-order valence-corrected chi connectivity index (χ2v) is 7.35. The van der Waals surface area contributed by atoms with Crippen LogP contribution in [0.2, 0.25) is 5.02 Å². The van der Waals surface area contributed by atoms with Crippen molar-refractivity contribution in [2.45, 2.75) is 20.8 Å². The predicted octanol–water partition coefficient (Wildman–Crippen LogP) is 3.99. The van der Waals surface area contributed by atoms with Crippen LogP contribution in [0.15, 0.2) is 36.4 Å². The number of ether oxygens (including phenoxy) is 1. The molecule has 5 heteroatoms. The fourth-order valence-corrected chi connectivity index (χ4v) is 3.54. The van der Waals surface area contributed by atoms with Crippen molar-refractivity contribution >= 4 is 23.2 Å². The Morgan fingerprint density at radius 2 is 1.65 bits per heavy atom. The van der Waals surface area contributed by atoms with Crippen molar-refractivity contribution < 1.29 is 9.53 Å². The summed E-state index contributed by atoms with van der Waals surface area (Å²) < 4.78 is 5.71. The summed E-state index contributed by atoms with van der Waals surface area (Å²) in [7, 11) is 0. The number of benzene rings is 2. The summed E-state index contributed by atoms with van der Waals surface area (Å²) >= 11 is 6.13. The molecule has 1 amide bonds. The van der Waals surface area contributed by atoms with Crippen LogP contribution in [-0.4, -0.2) is 43.6 Å². The van der Waals surface area contributed by atoms with E-state index >= 15 is 0 Å². The maximum Gasteiger partial charge on any atom is 0.260 e. The first kappa shape index (κ1) is 18.6. The van der Waals surface area contributed by atoms with E-state index in [-0.39, 0.29) is 12.5 Å². The second kappa shape index (κ2) is 8.00. The van der Waals surface area contributed by atoms with E-state index in [1.165, 1.54) is 5.56 Å². The zero-order valence-electron chi connectivity index (χ0n) is 15.6. The molecule has 4 nitrogen and oxygen atoms in total. The van der Waals surface area contributed by atoms with Crippen molar-refractivity contribution in [2.75, 3.05) is 37.7 Å². The minimum atomic E-state index is 0.0339. The molecule has 0 spiro atoms. The van der Waals surface area contributed by atoms with E-state index in [2.05, 4.69) is 17.9 Å². The smallest absolute Gasteiger partial charge is 0.260 e. The van der Waals surface area contributed by atoms with Crippen molar-refractivity contribution in [3.8, 4) is 5.75 Å². The average Bonchev–Trinajstić information content (AvgIpc) is 2.61. The summed E-state index contributed by atoms with van der Waals surface area (Å²) in [4.78, 5) is 16.6. The SMILES string of the molecule is Cc1cc(C)cc(OCC(=O)N2CCN(c3cc(Cl)ccc3C)CC2)c1. The van der Waals surface area contributed by atoms with Gasteiger partial charge in [0.25, 0.3) is 5.91 Å². The van der Waals surface area contributed by atoms with Gasteiger partial charge in [-0.3, -0.25) is 4.79 Å². The number of halogens is 1. The molecule has 0 aliphatic carbocycles. The Morgan fingerprint density at radius 3 is 2.31 bits per heavy atom. The summed E-state index contributed by atoms with van der Waals surface area (Å²) in [5.74, 6) is 0.788. The Bertz CT molecular complexity index is 778. The van der Waals surface area contributed by atoms with Gasteiger partial charge < -0.3 is 14.5 Å². The van der Waals surface area contributed by atoms with Crippen molar-refractivity contribution in [3.05, 3.63) is 58.1 Å². The number of piperazine rings is 1. The van der Waals surface area contributed by atoms with E-state index in [1.54, 1.807) is 0 Å². The van der Waals surface area contributed by atoms with Crippen molar-refractivity contribution in [1.29, 1.82) is 0 Å². The van der Waals surface area contributed by atoms with E-state index in [0.717, 1.165) is 40.7 Å². The van der Waals surface area contributed by atoms with Crippen LogP contribution in [0.3, 0.4) is 0 Å². The lowest BCUT2D eigenvalue weighted by Crippen LogP contribution is -2.50. The van der Waals surface area contributed by atoms with Gasteiger partial charge in [0.15, 0.2) is 6.61 Å². The molecule has 1 aliphatic heterocycles. The van der Waals surface area contributed by atoms with Crippen LogP contribution >= 0.6 is 11.6 Å². The molecule has 3 rings (SSSR count). The summed E-state index contributed by atoms with van der Waals surface area (Å²) in [6.07, 6.45) is 0. The van der Waals surface area contributed by atoms with Crippen LogP contribution in [0.4, 0.5) is 5.69 Å². The number of amides is 1. The quantitative estimate of drug-likeness (QED) is 0.813. The Kier molecular flexibility index (Phi) is 5.72. The third-order valence-corrected chi connectivity index (χ3v) is 4.94. The van der Waals surface area contributed by atoms with E-state index in [4.69, 9.17) is 16.3 Å². The molecule has 0 aromatic heterocycles. The number of anilines is 1. The number of hydrogen-bond acceptors (Lipinski definition) is 3. The van der Waals surface area contributed by atoms with E-state index in [1.807, 2.05) is 49.1 Å². The summed E-state index contributed by atoms with van der Waals surface area (Å²) in [5, 5.41) is 0.742. The molecule has 0 atom stereocenters. The van der Waals surface area contributed by atoms with E-state index < -0.39 is 0 Å². The number of aryl methyl sites for hydroxylation is 3. The molecular formula is C21H25ClN2O2. The highest BCUT2D eigenvalue weighted by atomic mass is 35.5. The maximum atomic E-state index is 12.5. The molecule has 138 valence electrons. The number of hydrogen-bond donors (Lipinski definition) is 0. The normalized spacial score (nSPS) is 14.5. The van der Waals surface area contributed by atoms with E-state index in [0.29, 0.717) is 13.1 Å². The lowest BCUT2D eigenvalue weighted by Gasteiger charge is -2.36. The number of nitrogens with zero attached hydrogens (tertiary/aromatic N) is 2. The summed E-state index contributed by atoms with van der Waals surface area (Å²) in [6.45, 7) is 9.21. The summed E-state index contributed by atoms with van der Waals surface area (Å²) in [5.41, 5.74) is 4.62. The molecule has 1 heterocycles. The molecule has 26 heavy (non-hydrogen) atoms. The first-order chi connectivity index (χ1) is 12.4. The number of carbonyl (C=O) groups excluding carboxylic acids is 1. The standard InChI is InChI=1S/C21H25ClN2O2/c1-15-10-16(2)12-19(11-15)26-14-21(25)24-8-6-23(7-9-24)20-13-18(22)5-4-17(20)3/h4-5,10-13H,6-9,14H2,1-3H3. The van der Waals surface area contributed by atoms with Gasteiger partial charge in [-0.05, 0) is 61.7 Å². The van der Waals surface area contributed by atoms with Crippen molar-refractivity contribution in [3.63, 3.8) is 0 Å². The fourth-order valence-electron chi connectivity index (χ4n) is 3.37. The zero-order valence-corrected chi connectivity index (χ0v) is 16.3. The van der Waals surface area contributed by atoms with Crippen LogP contribution in [0, 0.1) is 20.8 Å². The minimum Gasteiger partial charge on any atom is -0.484 e. The first-order valence-corrected chi connectivity index (χ1v) is 9.30. The Morgan fingerprint density at radius 1 is 1.00 bits per heavy atom. The van der Waals surface area contributed by atoms with Gasteiger partial charge in [0, 0.05) is 36.9 Å². The third-order valence-electron chi connectivity index (χ3n) is 4.70. The molecule has 0 radical (unpaired) electrons. The Balaban J connectivity index is 1.54. The molecular weight excluding hydrogens is 348 g/mol. The molecule has 1 saturated heterocycles. The first-order valence-electron chi connectivity index (χ1n) is 8.92. The van der Waals surface area contributed by atoms with Gasteiger partial charge in [-0.1, -0.05) is 23.7 Å². The molecule has 0 N–H and O–H groups in total. The molecule has 2 aromatic carbocycles. The van der Waals surface area contributed by atoms with Gasteiger partial charge in [0.05, 0.1) is 0 Å². The average molecular weight is 373 g/mol. The van der Waals surface area contributed by atoms with E-state index in [9.17, 15) is 4.79 Å². The van der Waals surface area contributed by atoms with Crippen molar-refractivity contribution in [1.82, 2.24) is 4.90 Å². The molecule has 2 aromatic rings. The largest absolute Gasteiger partial charge is 0.484 e. The number of carbonyl (C=O) groups is 1. The molecule has 1 aliphatic rings. The molecule has 0 saturated carbocycles. The highest BCUT2D eigenvalue weighted by Gasteiger charge is 2.22. The lowest BCUT2D eigenvalue weighted by molar-refractivity contribution is -0.133. The maximum absolute atomic E-state index is 12.5. The van der Waals surface area contributed by atoms with Crippen LogP contribution in [-0.2, 0) is 4.79 Å². The highest BCUT2D eigenvalue weighted by molar-refractivity contribution is 6.30. The fraction of sp³-hybridized carbons (Fsp3) is 0.381. The third kappa shape index (κ3) is 4.50. The molecule has 0 unspecified atom stereocenters. The van der Waals surface area contributed by atoms with Crippen LogP contribution < -0.4 is 9.64 Å². The Hall–Kier alpha value is -2.20. The summed E-state index contributed by atoms with van der Waals surface area (Å²) in [6, 6.07) is 11.9. The Labute approximate surface area is 160 Å². The monoisotopic (exact) mass is 372 g/mol. The van der Waals surface area contributed by atoms with Gasteiger partial charge in [0.2, 0.25) is 0 Å². The number of rotatable bonds is 4. The zero-order chi connectivity index (χ0) is 18.7. The van der Waals surface area contributed by atoms with Gasteiger partial charge in [-0.2, -0.15) is 0 Å². The molecule has 1 fully saturated rings.